The van der Waals surface area contributed by atoms with E-state index in [-0.39, 0.29) is 10.8 Å². The molecule has 0 amide bonds. The van der Waals surface area contributed by atoms with E-state index in [1.54, 1.807) is 0 Å². The Morgan fingerprint density at radius 3 is 1.39 bits per heavy atom. The van der Waals surface area contributed by atoms with Crippen molar-refractivity contribution >= 4 is 43.9 Å². The van der Waals surface area contributed by atoms with E-state index < -0.39 is 0 Å². The van der Waals surface area contributed by atoms with E-state index in [9.17, 15) is 0 Å². The predicted octanol–water partition coefficient (Wildman–Crippen LogP) is 9.93. The largest absolute Gasteiger partial charge is 0.307 e. The Bertz CT molecular complexity index is 3120. The highest BCUT2D eigenvalue weighted by molar-refractivity contribution is 6.11. The molecule has 9 heterocycles. The molecule has 9 heteroatoms. The highest BCUT2D eigenvalue weighted by Gasteiger charge is 2.37. The van der Waals surface area contributed by atoms with Crippen LogP contribution >= 0.6 is 0 Å². The second kappa shape index (κ2) is 10.8. The molecule has 7 aromatic heterocycles. The molecule has 0 saturated carbocycles. The number of hydrogen-bond acceptors (Lipinski definition) is 7. The fourth-order valence-electron chi connectivity index (χ4n) is 9.39. The second-order valence-electron chi connectivity index (χ2n) is 16.0. The first-order chi connectivity index (χ1) is 27.3. The Hall–Kier alpha value is -7.13. The summed E-state index contributed by atoms with van der Waals surface area (Å²) in [6.07, 6.45) is 11.6. The molecule has 0 atom stereocenters. The SMILES string of the molecule is CC1(C)c2cnccc2-n2c3ccc(-c4nc(-c5ccccc5)nc(-c5ccc6c(c5)c5nccc7c5n6-c5ccncc5C7(C)C)n4)cc3c3nccc1c32. The van der Waals surface area contributed by atoms with E-state index in [0.717, 1.165) is 71.9 Å². The van der Waals surface area contributed by atoms with Gasteiger partial charge in [0.15, 0.2) is 17.5 Å². The first-order valence-electron chi connectivity index (χ1n) is 18.9. The molecule has 0 unspecified atom stereocenters. The Balaban J connectivity index is 1.08. The topological polar surface area (TPSA) is 100 Å². The maximum Gasteiger partial charge on any atom is 0.164 e. The molecule has 266 valence electrons. The highest BCUT2D eigenvalue weighted by Crippen LogP contribution is 2.48. The van der Waals surface area contributed by atoms with Crippen LogP contribution in [0.3, 0.4) is 0 Å². The van der Waals surface area contributed by atoms with Gasteiger partial charge in [-0.25, -0.2) is 15.0 Å². The van der Waals surface area contributed by atoms with Crippen LogP contribution in [0.2, 0.25) is 0 Å². The summed E-state index contributed by atoms with van der Waals surface area (Å²) >= 11 is 0. The Kier molecular flexibility index (Phi) is 6.00. The van der Waals surface area contributed by atoms with Crippen molar-refractivity contribution in [3.63, 3.8) is 0 Å². The maximum absolute atomic E-state index is 5.21. The lowest BCUT2D eigenvalue weighted by atomic mass is 9.76. The average Bonchev–Trinajstić information content (AvgIpc) is 3.75. The van der Waals surface area contributed by atoms with Crippen LogP contribution in [0.1, 0.15) is 49.9 Å². The van der Waals surface area contributed by atoms with Gasteiger partial charge in [-0.1, -0.05) is 58.0 Å². The fraction of sp³-hybridized carbons (Fsp3) is 0.128. The number of hydrogen-bond donors (Lipinski definition) is 0. The minimum atomic E-state index is -0.231. The highest BCUT2D eigenvalue weighted by atomic mass is 15.1. The molecule has 10 aromatic rings. The zero-order valence-electron chi connectivity index (χ0n) is 31.1. The van der Waals surface area contributed by atoms with E-state index in [2.05, 4.69) is 107 Å². The molecule has 0 fully saturated rings. The number of nitrogens with zero attached hydrogens (tertiary/aromatic N) is 9. The van der Waals surface area contributed by atoms with Crippen LogP contribution in [0, 0.1) is 0 Å². The average molecular weight is 724 g/mol. The van der Waals surface area contributed by atoms with Gasteiger partial charge in [-0.3, -0.25) is 19.9 Å². The zero-order chi connectivity index (χ0) is 37.5. The van der Waals surface area contributed by atoms with Crippen LogP contribution in [0.15, 0.2) is 128 Å². The van der Waals surface area contributed by atoms with Crippen molar-refractivity contribution in [2.75, 3.05) is 0 Å². The smallest absolute Gasteiger partial charge is 0.164 e. The zero-order valence-corrected chi connectivity index (χ0v) is 31.1. The molecule has 0 bridgehead atoms. The third-order valence-electron chi connectivity index (χ3n) is 12.2. The van der Waals surface area contributed by atoms with Crippen LogP contribution in [0.5, 0.6) is 0 Å². The summed E-state index contributed by atoms with van der Waals surface area (Å²) in [7, 11) is 0. The fourth-order valence-corrected chi connectivity index (χ4v) is 9.39. The molecular weight excluding hydrogens is 691 g/mol. The third kappa shape index (κ3) is 4.01. The van der Waals surface area contributed by atoms with Crippen LogP contribution in [0.25, 0.3) is 89.4 Å². The van der Waals surface area contributed by atoms with E-state index in [0.29, 0.717) is 17.5 Å². The van der Waals surface area contributed by atoms with Crippen LogP contribution in [-0.2, 0) is 10.8 Å². The summed E-state index contributed by atoms with van der Waals surface area (Å²) in [4.78, 5) is 34.4. The predicted molar refractivity (Wildman–Crippen MR) is 220 cm³/mol. The van der Waals surface area contributed by atoms with Crippen molar-refractivity contribution in [1.82, 2.24) is 44.0 Å². The van der Waals surface area contributed by atoms with Crippen molar-refractivity contribution in [3.8, 4) is 45.5 Å². The Labute approximate surface area is 321 Å². The second-order valence-corrected chi connectivity index (χ2v) is 16.0. The van der Waals surface area contributed by atoms with Gasteiger partial charge in [0, 0.05) is 86.6 Å². The van der Waals surface area contributed by atoms with Gasteiger partial charge in [-0.2, -0.15) is 0 Å². The van der Waals surface area contributed by atoms with Gasteiger partial charge >= 0.3 is 0 Å². The normalized spacial score (nSPS) is 14.7. The van der Waals surface area contributed by atoms with Gasteiger partial charge < -0.3 is 9.13 Å². The van der Waals surface area contributed by atoms with E-state index in [1.165, 1.54) is 22.3 Å². The first-order valence-corrected chi connectivity index (χ1v) is 18.9. The number of pyridine rings is 4. The summed E-state index contributed by atoms with van der Waals surface area (Å²) in [6.45, 7) is 9.06. The van der Waals surface area contributed by atoms with Gasteiger partial charge in [-0.15, -0.1) is 0 Å². The summed E-state index contributed by atoms with van der Waals surface area (Å²) < 4.78 is 4.68. The molecule has 9 nitrogen and oxygen atoms in total. The van der Waals surface area contributed by atoms with Crippen molar-refractivity contribution < 1.29 is 0 Å². The standard InChI is InChI=1S/C47H33N9/c1-46(2)31-14-20-50-39-29-22-27(10-12-35(29)55(41(31)39)37-16-18-48-24-33(37)46)44-52-43(26-8-6-5-7-9-26)53-45(54-44)28-11-13-36-30(23-28)40-42-32(15-21-51-40)47(3,4)34-25-49-19-17-38(34)56(36)42/h5-25H,1-4H3. The Morgan fingerprint density at radius 1 is 0.446 bits per heavy atom. The van der Waals surface area contributed by atoms with Crippen LogP contribution in [-0.4, -0.2) is 44.0 Å². The third-order valence-corrected chi connectivity index (χ3v) is 12.2. The summed E-state index contributed by atoms with van der Waals surface area (Å²) in [6, 6.07) is 31.6. The maximum atomic E-state index is 5.21. The van der Waals surface area contributed by atoms with Crippen LogP contribution < -0.4 is 0 Å². The molecule has 56 heavy (non-hydrogen) atoms. The summed E-state index contributed by atoms with van der Waals surface area (Å²) in [5.74, 6) is 1.80. The van der Waals surface area contributed by atoms with Crippen LogP contribution in [0.4, 0.5) is 0 Å². The van der Waals surface area contributed by atoms with Crippen molar-refractivity contribution in [2.24, 2.45) is 0 Å². The molecule has 12 rings (SSSR count). The lowest BCUT2D eigenvalue weighted by Gasteiger charge is -2.33. The lowest BCUT2D eigenvalue weighted by Crippen LogP contribution is -2.26. The van der Waals surface area contributed by atoms with E-state index >= 15 is 0 Å². The van der Waals surface area contributed by atoms with Crippen molar-refractivity contribution in [1.29, 1.82) is 0 Å². The number of rotatable bonds is 3. The Morgan fingerprint density at radius 2 is 0.911 bits per heavy atom. The summed E-state index contributed by atoms with van der Waals surface area (Å²) in [5.41, 5.74) is 15.7. The van der Waals surface area contributed by atoms with E-state index in [4.69, 9.17) is 24.9 Å². The van der Waals surface area contributed by atoms with Crippen molar-refractivity contribution in [3.05, 3.63) is 150 Å². The number of fused-ring (bicyclic) bond motifs is 10. The van der Waals surface area contributed by atoms with Gasteiger partial charge in [0.1, 0.15) is 0 Å². The first kappa shape index (κ1) is 31.2. The van der Waals surface area contributed by atoms with Crippen molar-refractivity contribution in [2.45, 2.75) is 38.5 Å². The molecule has 2 aliphatic rings. The molecular formula is C47H33N9. The lowest BCUT2D eigenvalue weighted by molar-refractivity contribution is 0.625. The molecule has 0 saturated heterocycles. The monoisotopic (exact) mass is 723 g/mol. The quantitative estimate of drug-likeness (QED) is 0.179. The molecule has 0 N–H and O–H groups in total. The van der Waals surface area contributed by atoms with Gasteiger partial charge in [0.25, 0.3) is 0 Å². The van der Waals surface area contributed by atoms with Gasteiger partial charge in [-0.05, 0) is 71.8 Å². The minimum Gasteiger partial charge on any atom is -0.307 e. The summed E-state index contributed by atoms with van der Waals surface area (Å²) in [5, 5.41) is 2.09. The van der Waals surface area contributed by atoms with Gasteiger partial charge in [0.05, 0.1) is 44.5 Å². The molecule has 0 aliphatic carbocycles. The van der Waals surface area contributed by atoms with E-state index in [1.807, 2.05) is 67.5 Å². The minimum absolute atomic E-state index is 0.231. The molecule has 2 aliphatic heterocycles. The van der Waals surface area contributed by atoms with Gasteiger partial charge in [0.2, 0.25) is 0 Å². The molecule has 0 radical (unpaired) electrons. The number of benzene rings is 3. The molecule has 3 aromatic carbocycles. The number of aromatic nitrogens is 9. The molecule has 0 spiro atoms.